The van der Waals surface area contributed by atoms with Crippen LogP contribution in [-0.4, -0.2) is 13.4 Å². The van der Waals surface area contributed by atoms with E-state index in [1.165, 1.54) is 24.3 Å². The summed E-state index contributed by atoms with van der Waals surface area (Å²) in [4.78, 5) is 4.30. The fraction of sp³-hybridized carbons (Fsp3) is 0.0588. The maximum atomic E-state index is 12.3. The molecule has 0 saturated carbocycles. The molecule has 120 valence electrons. The Balaban J connectivity index is 1.75. The van der Waals surface area contributed by atoms with E-state index in [1.807, 2.05) is 29.0 Å². The average Bonchev–Trinajstić information content (AvgIpc) is 3.15. The number of hydrogen-bond donors (Lipinski definition) is 1. The average molecular weight is 355 g/mol. The number of nitrogens with zero attached hydrogens (tertiary/aromatic N) is 2. The van der Waals surface area contributed by atoms with Crippen molar-refractivity contribution in [3.8, 4) is 17.2 Å². The normalized spacial score (nSPS) is 11.1. The summed E-state index contributed by atoms with van der Waals surface area (Å²) in [5, 5.41) is 12.8. The number of pyridine rings is 1. The van der Waals surface area contributed by atoms with Crippen molar-refractivity contribution in [2.75, 3.05) is 0 Å². The summed E-state index contributed by atoms with van der Waals surface area (Å²) >= 11 is 1.60. The van der Waals surface area contributed by atoms with E-state index in [9.17, 15) is 8.42 Å². The Kier molecular flexibility index (Phi) is 4.71. The van der Waals surface area contributed by atoms with Crippen LogP contribution in [0.5, 0.6) is 0 Å². The molecular formula is C17H13N3O2S2. The van der Waals surface area contributed by atoms with E-state index in [-0.39, 0.29) is 11.4 Å². The molecule has 0 aliphatic heterocycles. The van der Waals surface area contributed by atoms with E-state index >= 15 is 0 Å². The molecule has 2 heterocycles. The molecule has 2 aromatic heterocycles. The standard InChI is InChI=1S/C17H13N3O2S2/c18-8-13-1-3-17(4-2-13)24(21,22)20-10-14-7-16(11-19-9-14)15-5-6-23-12-15/h1-7,9,11-12,20H,10H2. The van der Waals surface area contributed by atoms with Crippen LogP contribution in [0.15, 0.2) is 64.4 Å². The highest BCUT2D eigenvalue weighted by Gasteiger charge is 2.13. The molecule has 1 aromatic carbocycles. The highest BCUT2D eigenvalue weighted by Crippen LogP contribution is 2.22. The van der Waals surface area contributed by atoms with Crippen LogP contribution in [0.3, 0.4) is 0 Å². The van der Waals surface area contributed by atoms with Crippen LogP contribution in [0.4, 0.5) is 0 Å². The predicted octanol–water partition coefficient (Wildman–Crippen LogP) is 3.16. The van der Waals surface area contributed by atoms with E-state index < -0.39 is 10.0 Å². The zero-order valence-corrected chi connectivity index (χ0v) is 14.1. The number of hydrogen-bond acceptors (Lipinski definition) is 5. The van der Waals surface area contributed by atoms with Crippen LogP contribution >= 0.6 is 11.3 Å². The minimum Gasteiger partial charge on any atom is -0.264 e. The molecule has 0 saturated heterocycles. The molecule has 0 fully saturated rings. The number of nitrogens with one attached hydrogen (secondary N) is 1. The highest BCUT2D eigenvalue weighted by molar-refractivity contribution is 7.89. The van der Waals surface area contributed by atoms with Gasteiger partial charge in [-0.25, -0.2) is 13.1 Å². The lowest BCUT2D eigenvalue weighted by molar-refractivity contribution is 0.581. The monoisotopic (exact) mass is 355 g/mol. The van der Waals surface area contributed by atoms with Crippen LogP contribution in [0.1, 0.15) is 11.1 Å². The van der Waals surface area contributed by atoms with Gasteiger partial charge in [0.2, 0.25) is 10.0 Å². The molecule has 0 spiro atoms. The van der Waals surface area contributed by atoms with Gasteiger partial charge in [0, 0.05) is 24.5 Å². The van der Waals surface area contributed by atoms with Gasteiger partial charge in [-0.1, -0.05) is 0 Å². The maximum Gasteiger partial charge on any atom is 0.240 e. The van der Waals surface area contributed by atoms with Crippen molar-refractivity contribution >= 4 is 21.4 Å². The van der Waals surface area contributed by atoms with E-state index in [2.05, 4.69) is 9.71 Å². The van der Waals surface area contributed by atoms with Gasteiger partial charge in [-0.2, -0.15) is 16.6 Å². The maximum absolute atomic E-state index is 12.3. The molecule has 3 rings (SSSR count). The van der Waals surface area contributed by atoms with Crippen molar-refractivity contribution in [1.82, 2.24) is 9.71 Å². The smallest absolute Gasteiger partial charge is 0.240 e. The Morgan fingerprint density at radius 1 is 1.12 bits per heavy atom. The second-order valence-electron chi connectivity index (χ2n) is 5.05. The third kappa shape index (κ3) is 3.68. The summed E-state index contributed by atoms with van der Waals surface area (Å²) in [5.41, 5.74) is 3.20. The van der Waals surface area contributed by atoms with Gasteiger partial charge >= 0.3 is 0 Å². The third-order valence-electron chi connectivity index (χ3n) is 3.41. The summed E-state index contributed by atoms with van der Waals surface area (Å²) < 4.78 is 27.2. The summed E-state index contributed by atoms with van der Waals surface area (Å²) in [5.74, 6) is 0. The Bertz CT molecular complexity index is 973. The highest BCUT2D eigenvalue weighted by atomic mass is 32.2. The Morgan fingerprint density at radius 2 is 1.92 bits per heavy atom. The van der Waals surface area contributed by atoms with Crippen molar-refractivity contribution in [2.24, 2.45) is 0 Å². The van der Waals surface area contributed by atoms with E-state index in [0.29, 0.717) is 5.56 Å². The lowest BCUT2D eigenvalue weighted by Gasteiger charge is -2.08. The molecule has 0 atom stereocenters. The van der Waals surface area contributed by atoms with Crippen molar-refractivity contribution in [3.05, 3.63) is 70.7 Å². The largest absolute Gasteiger partial charge is 0.264 e. The summed E-state index contributed by atoms with van der Waals surface area (Å²) in [6.07, 6.45) is 3.39. The van der Waals surface area contributed by atoms with Crippen molar-refractivity contribution in [3.63, 3.8) is 0 Å². The molecule has 0 unspecified atom stereocenters. The summed E-state index contributed by atoms with van der Waals surface area (Å²) in [6, 6.07) is 11.7. The number of nitriles is 1. The first kappa shape index (κ1) is 16.3. The van der Waals surface area contributed by atoms with Gasteiger partial charge in [0.25, 0.3) is 0 Å². The van der Waals surface area contributed by atoms with E-state index in [1.54, 1.807) is 23.7 Å². The number of aromatic nitrogens is 1. The van der Waals surface area contributed by atoms with Gasteiger partial charge in [0.05, 0.1) is 16.5 Å². The van der Waals surface area contributed by atoms with Gasteiger partial charge in [-0.15, -0.1) is 0 Å². The van der Waals surface area contributed by atoms with Crippen LogP contribution in [0.25, 0.3) is 11.1 Å². The van der Waals surface area contributed by atoms with Gasteiger partial charge in [-0.05, 0) is 58.3 Å². The summed E-state index contributed by atoms with van der Waals surface area (Å²) in [6.45, 7) is 0.146. The van der Waals surface area contributed by atoms with Crippen LogP contribution in [-0.2, 0) is 16.6 Å². The lowest BCUT2D eigenvalue weighted by atomic mass is 10.1. The molecule has 0 aliphatic rings. The third-order valence-corrected chi connectivity index (χ3v) is 5.51. The number of sulfonamides is 1. The van der Waals surface area contributed by atoms with E-state index in [4.69, 9.17) is 5.26 Å². The van der Waals surface area contributed by atoms with Crippen molar-refractivity contribution < 1.29 is 8.42 Å². The number of thiophene rings is 1. The Hall–Kier alpha value is -2.53. The van der Waals surface area contributed by atoms with Gasteiger partial charge in [-0.3, -0.25) is 4.98 Å². The molecule has 0 bridgehead atoms. The topological polar surface area (TPSA) is 82.8 Å². The minimum atomic E-state index is -3.64. The van der Waals surface area contributed by atoms with Crippen LogP contribution in [0.2, 0.25) is 0 Å². The first-order valence-corrected chi connectivity index (χ1v) is 9.47. The molecule has 0 radical (unpaired) electrons. The van der Waals surface area contributed by atoms with E-state index in [0.717, 1.165) is 16.7 Å². The quantitative estimate of drug-likeness (QED) is 0.762. The molecule has 7 heteroatoms. The molecule has 1 N–H and O–H groups in total. The van der Waals surface area contributed by atoms with Gasteiger partial charge < -0.3 is 0 Å². The zero-order chi connectivity index (χ0) is 17.0. The molecule has 24 heavy (non-hydrogen) atoms. The second-order valence-corrected chi connectivity index (χ2v) is 7.60. The summed E-state index contributed by atoms with van der Waals surface area (Å²) in [7, 11) is -3.64. The first-order chi connectivity index (χ1) is 11.6. The van der Waals surface area contributed by atoms with Crippen LogP contribution < -0.4 is 4.72 Å². The molecule has 0 aliphatic carbocycles. The second kappa shape index (κ2) is 6.93. The predicted molar refractivity (Wildman–Crippen MR) is 92.7 cm³/mol. The molecular weight excluding hydrogens is 342 g/mol. The fourth-order valence-corrected chi connectivity index (χ4v) is 3.82. The van der Waals surface area contributed by atoms with Crippen LogP contribution in [0, 0.1) is 11.3 Å². The fourth-order valence-electron chi connectivity index (χ4n) is 2.14. The molecule has 3 aromatic rings. The SMILES string of the molecule is N#Cc1ccc(S(=O)(=O)NCc2cncc(-c3ccsc3)c2)cc1. The zero-order valence-electron chi connectivity index (χ0n) is 12.5. The van der Waals surface area contributed by atoms with Crippen molar-refractivity contribution in [2.45, 2.75) is 11.4 Å². The molecule has 0 amide bonds. The van der Waals surface area contributed by atoms with Gasteiger partial charge in [0.15, 0.2) is 0 Å². The Morgan fingerprint density at radius 3 is 2.58 bits per heavy atom. The number of benzene rings is 1. The molecule has 5 nitrogen and oxygen atoms in total. The van der Waals surface area contributed by atoms with Crippen molar-refractivity contribution in [1.29, 1.82) is 5.26 Å². The minimum absolute atomic E-state index is 0.128. The first-order valence-electron chi connectivity index (χ1n) is 7.05. The lowest BCUT2D eigenvalue weighted by Crippen LogP contribution is -2.23. The van der Waals surface area contributed by atoms with Gasteiger partial charge in [0.1, 0.15) is 0 Å². The number of rotatable bonds is 5. The Labute approximate surface area is 144 Å².